The topological polar surface area (TPSA) is 92.5 Å². The molecule has 0 amide bonds. The minimum atomic E-state index is -4.54. The Balaban J connectivity index is 2.68. The number of aliphatic hydroxyl groups is 2. The lowest BCUT2D eigenvalue weighted by Crippen LogP contribution is -2.17. The zero-order valence-corrected chi connectivity index (χ0v) is 12.1. The number of halogens is 3. The summed E-state index contributed by atoms with van der Waals surface area (Å²) in [4.78, 5) is 0. The van der Waals surface area contributed by atoms with Gasteiger partial charge in [0, 0.05) is 17.8 Å². The fourth-order valence-corrected chi connectivity index (χ4v) is 2.45. The van der Waals surface area contributed by atoms with Gasteiger partial charge in [-0.25, -0.2) is 0 Å². The van der Waals surface area contributed by atoms with E-state index < -0.39 is 24.5 Å². The minimum Gasteiger partial charge on any atom is -0.399 e. The van der Waals surface area contributed by atoms with Crippen molar-refractivity contribution < 1.29 is 23.4 Å². The van der Waals surface area contributed by atoms with E-state index in [2.05, 4.69) is 0 Å². The van der Waals surface area contributed by atoms with Gasteiger partial charge in [0.15, 0.2) is 0 Å². The second-order valence-electron chi connectivity index (χ2n) is 5.22. The summed E-state index contributed by atoms with van der Waals surface area (Å²) in [5.41, 5.74) is 11.6. The standard InChI is InChI=1S/C16H17F3N2O2/c17-16(18,19)14-4-2-1-3-11(14)12-5-9(20)6-15(21)13(12)7-10(23)8-22/h1-6,10,22-23H,7-8,20-21H2. The summed E-state index contributed by atoms with van der Waals surface area (Å²) in [6, 6.07) is 7.88. The van der Waals surface area contributed by atoms with Crippen LogP contribution in [0.1, 0.15) is 11.1 Å². The SMILES string of the molecule is Nc1cc(N)c(CC(O)CO)c(-c2ccccc2C(F)(F)F)c1. The first-order valence-electron chi connectivity index (χ1n) is 6.87. The van der Waals surface area contributed by atoms with Crippen LogP contribution in [0.2, 0.25) is 0 Å². The summed E-state index contributed by atoms with van der Waals surface area (Å²) in [6.45, 7) is -0.524. The van der Waals surface area contributed by atoms with Crippen molar-refractivity contribution >= 4 is 11.4 Å². The molecule has 0 heterocycles. The first-order chi connectivity index (χ1) is 10.7. The Morgan fingerprint density at radius 3 is 2.30 bits per heavy atom. The fraction of sp³-hybridized carbons (Fsp3) is 0.250. The van der Waals surface area contributed by atoms with E-state index >= 15 is 0 Å². The highest BCUT2D eigenvalue weighted by Crippen LogP contribution is 2.40. The number of alkyl halides is 3. The van der Waals surface area contributed by atoms with Crippen LogP contribution < -0.4 is 11.5 Å². The largest absolute Gasteiger partial charge is 0.417 e. The van der Waals surface area contributed by atoms with E-state index in [1.165, 1.54) is 30.3 Å². The predicted octanol–water partition coefficient (Wildman–Crippen LogP) is 2.43. The molecule has 2 rings (SSSR count). The Hall–Kier alpha value is -2.25. The molecule has 0 aliphatic carbocycles. The van der Waals surface area contributed by atoms with Crippen molar-refractivity contribution in [2.75, 3.05) is 18.1 Å². The number of nitrogen functional groups attached to an aromatic ring is 2. The number of benzene rings is 2. The van der Waals surface area contributed by atoms with Gasteiger partial charge in [-0.3, -0.25) is 0 Å². The van der Waals surface area contributed by atoms with Crippen LogP contribution in [0.4, 0.5) is 24.5 Å². The Bertz CT molecular complexity index is 702. The van der Waals surface area contributed by atoms with Crippen molar-refractivity contribution in [2.45, 2.75) is 18.7 Å². The molecular weight excluding hydrogens is 309 g/mol. The molecule has 1 unspecified atom stereocenters. The van der Waals surface area contributed by atoms with Crippen molar-refractivity contribution in [3.8, 4) is 11.1 Å². The smallest absolute Gasteiger partial charge is 0.399 e. The van der Waals surface area contributed by atoms with Crippen molar-refractivity contribution in [1.29, 1.82) is 0 Å². The van der Waals surface area contributed by atoms with Gasteiger partial charge >= 0.3 is 6.18 Å². The zero-order valence-electron chi connectivity index (χ0n) is 12.1. The zero-order chi connectivity index (χ0) is 17.2. The van der Waals surface area contributed by atoms with E-state index in [1.807, 2.05) is 0 Å². The highest BCUT2D eigenvalue weighted by atomic mass is 19.4. The summed E-state index contributed by atoms with van der Waals surface area (Å²) < 4.78 is 39.7. The fourth-order valence-electron chi connectivity index (χ4n) is 2.45. The molecule has 0 radical (unpaired) electrons. The molecular formula is C16H17F3N2O2. The van der Waals surface area contributed by atoms with Crippen molar-refractivity contribution in [3.05, 3.63) is 47.5 Å². The minimum absolute atomic E-state index is 0.0702. The van der Waals surface area contributed by atoms with Crippen LogP contribution >= 0.6 is 0 Å². The van der Waals surface area contributed by atoms with Crippen LogP contribution in [-0.4, -0.2) is 22.9 Å². The van der Waals surface area contributed by atoms with Crippen LogP contribution in [0.15, 0.2) is 36.4 Å². The van der Waals surface area contributed by atoms with Gasteiger partial charge in [-0.15, -0.1) is 0 Å². The molecule has 0 spiro atoms. The summed E-state index contributed by atoms with van der Waals surface area (Å²) >= 11 is 0. The van der Waals surface area contributed by atoms with Gasteiger partial charge in [-0.05, 0) is 34.9 Å². The number of nitrogens with two attached hydrogens (primary N) is 2. The quantitative estimate of drug-likeness (QED) is 0.649. The molecule has 0 aromatic heterocycles. The van der Waals surface area contributed by atoms with Crippen LogP contribution in [-0.2, 0) is 12.6 Å². The highest BCUT2D eigenvalue weighted by Gasteiger charge is 2.34. The van der Waals surface area contributed by atoms with Crippen molar-refractivity contribution in [2.24, 2.45) is 0 Å². The molecule has 0 saturated carbocycles. The molecule has 23 heavy (non-hydrogen) atoms. The molecule has 6 N–H and O–H groups in total. The molecule has 0 aliphatic rings. The van der Waals surface area contributed by atoms with E-state index in [-0.39, 0.29) is 28.9 Å². The molecule has 0 saturated heterocycles. The van der Waals surface area contributed by atoms with Gasteiger partial charge in [0.25, 0.3) is 0 Å². The molecule has 124 valence electrons. The summed E-state index contributed by atoms with van der Waals surface area (Å²) in [7, 11) is 0. The number of anilines is 2. The van der Waals surface area contributed by atoms with Gasteiger partial charge in [0.2, 0.25) is 0 Å². The Labute approximate surface area is 131 Å². The van der Waals surface area contributed by atoms with Gasteiger partial charge in [-0.2, -0.15) is 13.2 Å². The lowest BCUT2D eigenvalue weighted by atomic mass is 9.91. The maximum absolute atomic E-state index is 13.2. The van der Waals surface area contributed by atoms with Crippen LogP contribution in [0.25, 0.3) is 11.1 Å². The molecule has 2 aromatic rings. The van der Waals surface area contributed by atoms with E-state index in [1.54, 1.807) is 0 Å². The Morgan fingerprint density at radius 2 is 1.70 bits per heavy atom. The van der Waals surface area contributed by atoms with E-state index in [9.17, 15) is 18.3 Å². The Morgan fingerprint density at radius 1 is 1.04 bits per heavy atom. The Kier molecular flexibility index (Phi) is 4.82. The second kappa shape index (κ2) is 6.47. The summed E-state index contributed by atoms with van der Waals surface area (Å²) in [6.07, 6.45) is -5.75. The van der Waals surface area contributed by atoms with Gasteiger partial charge in [-0.1, -0.05) is 18.2 Å². The maximum Gasteiger partial charge on any atom is 0.417 e. The number of hydrogen-bond donors (Lipinski definition) is 4. The van der Waals surface area contributed by atoms with E-state index in [0.717, 1.165) is 6.07 Å². The molecule has 0 bridgehead atoms. The third-order valence-electron chi connectivity index (χ3n) is 3.48. The van der Waals surface area contributed by atoms with Gasteiger partial charge in [0.1, 0.15) is 0 Å². The predicted molar refractivity (Wildman–Crippen MR) is 82.5 cm³/mol. The molecule has 1 atom stereocenters. The number of aliphatic hydroxyl groups excluding tert-OH is 2. The highest BCUT2D eigenvalue weighted by molar-refractivity contribution is 5.79. The van der Waals surface area contributed by atoms with Crippen LogP contribution in [0.3, 0.4) is 0 Å². The third-order valence-corrected chi connectivity index (χ3v) is 3.48. The summed E-state index contributed by atoms with van der Waals surface area (Å²) in [5, 5.41) is 18.6. The third kappa shape index (κ3) is 3.75. The first-order valence-corrected chi connectivity index (χ1v) is 6.87. The lowest BCUT2D eigenvalue weighted by Gasteiger charge is -2.19. The molecule has 0 fully saturated rings. The van der Waals surface area contributed by atoms with E-state index in [4.69, 9.17) is 16.6 Å². The average Bonchev–Trinajstić information content (AvgIpc) is 2.48. The molecule has 7 heteroatoms. The van der Waals surface area contributed by atoms with Gasteiger partial charge < -0.3 is 21.7 Å². The molecule has 4 nitrogen and oxygen atoms in total. The second-order valence-corrected chi connectivity index (χ2v) is 5.22. The monoisotopic (exact) mass is 326 g/mol. The maximum atomic E-state index is 13.2. The van der Waals surface area contributed by atoms with Crippen molar-refractivity contribution in [3.63, 3.8) is 0 Å². The summed E-state index contributed by atoms with van der Waals surface area (Å²) in [5.74, 6) is 0. The van der Waals surface area contributed by atoms with Crippen LogP contribution in [0, 0.1) is 0 Å². The van der Waals surface area contributed by atoms with E-state index in [0.29, 0.717) is 5.56 Å². The average molecular weight is 326 g/mol. The normalized spacial score (nSPS) is 13.1. The number of hydrogen-bond acceptors (Lipinski definition) is 4. The van der Waals surface area contributed by atoms with Gasteiger partial charge in [0.05, 0.1) is 18.3 Å². The van der Waals surface area contributed by atoms with Crippen LogP contribution in [0.5, 0.6) is 0 Å². The lowest BCUT2D eigenvalue weighted by molar-refractivity contribution is -0.137. The van der Waals surface area contributed by atoms with Crippen molar-refractivity contribution in [1.82, 2.24) is 0 Å². The number of rotatable bonds is 4. The first kappa shape index (κ1) is 17.1. The molecule has 2 aromatic carbocycles. The molecule has 0 aliphatic heterocycles.